The lowest BCUT2D eigenvalue weighted by Gasteiger charge is -2.32. The van der Waals surface area contributed by atoms with E-state index < -0.39 is 0 Å². The SMILES string of the molecule is COc1ccc(CNCC(C)(C)CC(C)(C)C)cc1. The minimum Gasteiger partial charge on any atom is -0.497 e. The summed E-state index contributed by atoms with van der Waals surface area (Å²) >= 11 is 0. The molecule has 1 rings (SSSR count). The number of nitrogens with one attached hydrogen (secondary N) is 1. The molecular formula is C17H29NO. The standard InChI is InChI=1S/C17H29NO/c1-16(2,3)12-17(4,5)13-18-11-14-7-9-15(19-6)10-8-14/h7-10,18H,11-13H2,1-6H3. The highest BCUT2D eigenvalue weighted by atomic mass is 16.5. The topological polar surface area (TPSA) is 21.3 Å². The molecule has 0 saturated heterocycles. The number of ether oxygens (including phenoxy) is 1. The van der Waals surface area contributed by atoms with Crippen molar-refractivity contribution in [3.8, 4) is 5.75 Å². The molecule has 1 aromatic carbocycles. The third kappa shape index (κ3) is 6.63. The Morgan fingerprint density at radius 3 is 2.05 bits per heavy atom. The van der Waals surface area contributed by atoms with Crippen LogP contribution < -0.4 is 10.1 Å². The van der Waals surface area contributed by atoms with Gasteiger partial charge < -0.3 is 10.1 Å². The van der Waals surface area contributed by atoms with Gasteiger partial charge in [-0.1, -0.05) is 46.8 Å². The Hall–Kier alpha value is -1.02. The van der Waals surface area contributed by atoms with Crippen LogP contribution in [0.3, 0.4) is 0 Å². The molecule has 1 aromatic rings. The van der Waals surface area contributed by atoms with Gasteiger partial charge in [0.1, 0.15) is 5.75 Å². The van der Waals surface area contributed by atoms with E-state index >= 15 is 0 Å². The van der Waals surface area contributed by atoms with E-state index in [1.54, 1.807) is 7.11 Å². The normalized spacial score (nSPS) is 12.5. The van der Waals surface area contributed by atoms with Gasteiger partial charge in [-0.15, -0.1) is 0 Å². The molecule has 0 aliphatic carbocycles. The Morgan fingerprint density at radius 2 is 1.58 bits per heavy atom. The molecule has 0 atom stereocenters. The van der Waals surface area contributed by atoms with E-state index in [4.69, 9.17) is 4.74 Å². The largest absolute Gasteiger partial charge is 0.497 e. The number of rotatable bonds is 6. The van der Waals surface area contributed by atoms with Crippen molar-refractivity contribution in [3.05, 3.63) is 29.8 Å². The molecular weight excluding hydrogens is 234 g/mol. The van der Waals surface area contributed by atoms with Gasteiger partial charge >= 0.3 is 0 Å². The van der Waals surface area contributed by atoms with Crippen LogP contribution in [-0.4, -0.2) is 13.7 Å². The molecule has 2 heteroatoms. The second-order valence-electron chi connectivity index (χ2n) is 7.35. The molecule has 0 aliphatic heterocycles. The summed E-state index contributed by atoms with van der Waals surface area (Å²) in [5, 5.41) is 3.56. The van der Waals surface area contributed by atoms with Crippen LogP contribution >= 0.6 is 0 Å². The summed E-state index contributed by atoms with van der Waals surface area (Å²) in [5.41, 5.74) is 2.00. The Kier molecular flexibility index (Phi) is 5.42. The van der Waals surface area contributed by atoms with Crippen LogP contribution in [0.4, 0.5) is 0 Å². The molecule has 0 bridgehead atoms. The third-order valence-corrected chi connectivity index (χ3v) is 3.10. The van der Waals surface area contributed by atoms with Gasteiger partial charge in [0.15, 0.2) is 0 Å². The Morgan fingerprint density at radius 1 is 1.00 bits per heavy atom. The number of benzene rings is 1. The molecule has 108 valence electrons. The highest BCUT2D eigenvalue weighted by Gasteiger charge is 2.24. The van der Waals surface area contributed by atoms with E-state index in [-0.39, 0.29) is 0 Å². The third-order valence-electron chi connectivity index (χ3n) is 3.10. The second kappa shape index (κ2) is 6.42. The van der Waals surface area contributed by atoms with Crippen molar-refractivity contribution in [2.45, 2.75) is 47.6 Å². The number of hydrogen-bond acceptors (Lipinski definition) is 2. The highest BCUT2D eigenvalue weighted by molar-refractivity contribution is 5.26. The quantitative estimate of drug-likeness (QED) is 0.828. The van der Waals surface area contributed by atoms with E-state index in [1.807, 2.05) is 12.1 Å². The zero-order valence-corrected chi connectivity index (χ0v) is 13.3. The van der Waals surface area contributed by atoms with E-state index in [0.29, 0.717) is 10.8 Å². The fourth-order valence-electron chi connectivity index (χ4n) is 2.79. The molecule has 0 aromatic heterocycles. The van der Waals surface area contributed by atoms with Crippen LogP contribution in [0.1, 0.15) is 46.6 Å². The fourth-order valence-corrected chi connectivity index (χ4v) is 2.79. The smallest absolute Gasteiger partial charge is 0.118 e. The number of methoxy groups -OCH3 is 1. The van der Waals surface area contributed by atoms with Crippen molar-refractivity contribution in [1.82, 2.24) is 5.32 Å². The predicted octanol–water partition coefficient (Wildman–Crippen LogP) is 4.25. The summed E-state index contributed by atoms with van der Waals surface area (Å²) in [6, 6.07) is 8.25. The van der Waals surface area contributed by atoms with Crippen LogP contribution in [-0.2, 0) is 6.54 Å². The molecule has 0 saturated carbocycles. The summed E-state index contributed by atoms with van der Waals surface area (Å²) < 4.78 is 5.16. The maximum Gasteiger partial charge on any atom is 0.118 e. The lowest BCUT2D eigenvalue weighted by atomic mass is 9.76. The number of hydrogen-bond donors (Lipinski definition) is 1. The zero-order chi connectivity index (χ0) is 14.5. The van der Waals surface area contributed by atoms with Crippen LogP contribution in [0.2, 0.25) is 0 Å². The molecule has 2 nitrogen and oxygen atoms in total. The van der Waals surface area contributed by atoms with Gasteiger partial charge in [-0.05, 0) is 34.9 Å². The van der Waals surface area contributed by atoms with Gasteiger partial charge in [-0.3, -0.25) is 0 Å². The van der Waals surface area contributed by atoms with Gasteiger partial charge in [0, 0.05) is 13.1 Å². The highest BCUT2D eigenvalue weighted by Crippen LogP contribution is 2.32. The summed E-state index contributed by atoms with van der Waals surface area (Å²) in [7, 11) is 1.70. The van der Waals surface area contributed by atoms with E-state index in [9.17, 15) is 0 Å². The first-order valence-electron chi connectivity index (χ1n) is 7.06. The Labute approximate surface area is 118 Å². The van der Waals surface area contributed by atoms with Gasteiger partial charge in [0.25, 0.3) is 0 Å². The van der Waals surface area contributed by atoms with Crippen LogP contribution in [0.15, 0.2) is 24.3 Å². The van der Waals surface area contributed by atoms with Crippen molar-refractivity contribution >= 4 is 0 Å². The average molecular weight is 263 g/mol. The van der Waals surface area contributed by atoms with E-state index in [2.05, 4.69) is 52.1 Å². The van der Waals surface area contributed by atoms with Crippen LogP contribution in [0.25, 0.3) is 0 Å². The Balaban J connectivity index is 2.40. The molecule has 0 amide bonds. The van der Waals surface area contributed by atoms with Gasteiger partial charge in [0.05, 0.1) is 7.11 Å². The summed E-state index contributed by atoms with van der Waals surface area (Å²) in [6.45, 7) is 13.5. The summed E-state index contributed by atoms with van der Waals surface area (Å²) in [5.74, 6) is 0.914. The van der Waals surface area contributed by atoms with Crippen molar-refractivity contribution in [1.29, 1.82) is 0 Å². The first-order chi connectivity index (χ1) is 8.72. The predicted molar refractivity (Wildman–Crippen MR) is 82.6 cm³/mol. The first kappa shape index (κ1) is 16.0. The van der Waals surface area contributed by atoms with Crippen molar-refractivity contribution < 1.29 is 4.74 Å². The van der Waals surface area contributed by atoms with E-state index in [0.717, 1.165) is 18.8 Å². The van der Waals surface area contributed by atoms with Crippen molar-refractivity contribution in [2.24, 2.45) is 10.8 Å². The molecule has 0 aliphatic rings. The molecule has 0 fully saturated rings. The van der Waals surface area contributed by atoms with Gasteiger partial charge in [-0.2, -0.15) is 0 Å². The van der Waals surface area contributed by atoms with Crippen LogP contribution in [0, 0.1) is 10.8 Å². The van der Waals surface area contributed by atoms with Gasteiger partial charge in [0.2, 0.25) is 0 Å². The molecule has 0 heterocycles. The minimum absolute atomic E-state index is 0.324. The maximum atomic E-state index is 5.16. The van der Waals surface area contributed by atoms with Crippen LogP contribution in [0.5, 0.6) is 5.75 Å². The molecule has 0 radical (unpaired) electrons. The molecule has 19 heavy (non-hydrogen) atoms. The second-order valence-corrected chi connectivity index (χ2v) is 7.35. The van der Waals surface area contributed by atoms with Crippen molar-refractivity contribution in [3.63, 3.8) is 0 Å². The van der Waals surface area contributed by atoms with E-state index in [1.165, 1.54) is 12.0 Å². The summed E-state index contributed by atoms with van der Waals surface area (Å²) in [6.07, 6.45) is 1.22. The van der Waals surface area contributed by atoms with Gasteiger partial charge in [-0.25, -0.2) is 0 Å². The molecule has 0 spiro atoms. The molecule has 1 N–H and O–H groups in total. The molecule has 0 unspecified atom stereocenters. The fraction of sp³-hybridized carbons (Fsp3) is 0.647. The van der Waals surface area contributed by atoms with Crippen molar-refractivity contribution in [2.75, 3.05) is 13.7 Å². The minimum atomic E-state index is 0.324. The Bertz CT molecular complexity index is 373. The first-order valence-corrected chi connectivity index (χ1v) is 7.06. The summed E-state index contributed by atoms with van der Waals surface area (Å²) in [4.78, 5) is 0. The zero-order valence-electron chi connectivity index (χ0n) is 13.3. The lowest BCUT2D eigenvalue weighted by molar-refractivity contribution is 0.206. The monoisotopic (exact) mass is 263 g/mol. The lowest BCUT2D eigenvalue weighted by Crippen LogP contribution is -2.32. The average Bonchev–Trinajstić information content (AvgIpc) is 2.26. The maximum absolute atomic E-state index is 5.16.